The number of hydrogen-bond donors (Lipinski definition) is 3. The molecule has 0 bridgehead atoms. The molecule has 0 aromatic heterocycles. The fourth-order valence-corrected chi connectivity index (χ4v) is 11.5. The van der Waals surface area contributed by atoms with E-state index >= 15 is 0 Å². The average Bonchev–Trinajstić information content (AvgIpc) is 3.66. The highest BCUT2D eigenvalue weighted by Crippen LogP contribution is 2.16. The van der Waals surface area contributed by atoms with Crippen LogP contribution in [0.5, 0.6) is 0 Å². The highest BCUT2D eigenvalue weighted by Gasteiger charge is 2.08. The lowest BCUT2D eigenvalue weighted by Crippen LogP contribution is -2.24. The van der Waals surface area contributed by atoms with Crippen molar-refractivity contribution in [2.45, 2.75) is 386 Å². The van der Waals surface area contributed by atoms with E-state index < -0.39 is 0 Å². The Balaban J connectivity index is -0.00000147. The number of ether oxygens (including phenoxy) is 6. The first kappa shape index (κ1) is 97.4. The number of unbranched alkanes of at least 4 members (excludes halogenated alkanes) is 38. The van der Waals surface area contributed by atoms with E-state index in [1.54, 1.807) is 28.4 Å². The van der Waals surface area contributed by atoms with Gasteiger partial charge in [0.15, 0.2) is 0 Å². The van der Waals surface area contributed by atoms with Gasteiger partial charge in [0.05, 0.1) is 0 Å². The van der Waals surface area contributed by atoms with Gasteiger partial charge in [-0.3, -0.25) is 28.8 Å². The first-order valence-corrected chi connectivity index (χ1v) is 40.6. The Kier molecular flexibility index (Phi) is 89.5. The number of ketones is 3. The zero-order valence-electron chi connectivity index (χ0n) is 64.2. The van der Waals surface area contributed by atoms with Crippen molar-refractivity contribution in [1.29, 1.82) is 0 Å². The van der Waals surface area contributed by atoms with Gasteiger partial charge in [-0.05, 0) is 109 Å². The first-order chi connectivity index (χ1) is 47.1. The molecule has 3 amide bonds. The molecule has 570 valence electrons. The van der Waals surface area contributed by atoms with E-state index in [0.717, 1.165) is 232 Å². The van der Waals surface area contributed by atoms with Crippen LogP contribution in [0.15, 0.2) is 0 Å². The van der Waals surface area contributed by atoms with E-state index in [1.165, 1.54) is 148 Å². The molecule has 0 heterocycles. The largest absolute Gasteiger partial charge is 0.385 e. The standard InChI is InChI=1S/C41H81NO4.C21H41NO4.C19H37NO4/c1-3-5-7-9-11-13-15-19-23-28-36-45-38-30-27-33-40(43)32-25-21-17-18-22-26-34-41(44)42-35-31-39-46-37-29-24-20-16-14-12-10-8-6-4-2;1-25-18-12-11-15-20(23)14-9-7-5-3-4-6-8-10-16-21(24)22-17-13-19-26-2;1-23-16-10-9-13-18(21)12-7-5-3-4-6-8-14-19(22)20-15-11-17-24-2/h3-39H2,1-2H3,(H,42,44);3-19H2,1-2H3,(H,22,24);3-17H2,1-2H3,(H,20,22). The maximum Gasteiger partial charge on any atom is 0.219 e. The number of amides is 3. The van der Waals surface area contributed by atoms with Crippen molar-refractivity contribution in [3.05, 3.63) is 0 Å². The molecule has 0 saturated heterocycles. The molecule has 0 rings (SSSR count). The van der Waals surface area contributed by atoms with Gasteiger partial charge in [0.1, 0.15) is 17.3 Å². The van der Waals surface area contributed by atoms with Crippen LogP contribution in [0.1, 0.15) is 386 Å². The van der Waals surface area contributed by atoms with E-state index in [0.29, 0.717) is 82.2 Å². The summed E-state index contributed by atoms with van der Waals surface area (Å²) in [5, 5.41) is 8.85. The van der Waals surface area contributed by atoms with Gasteiger partial charge in [-0.25, -0.2) is 0 Å². The Morgan fingerprint density at radius 2 is 0.365 bits per heavy atom. The monoisotopic (exact) mass is 1370 g/mol. The lowest BCUT2D eigenvalue weighted by Gasteiger charge is -2.07. The molecule has 0 atom stereocenters. The fraction of sp³-hybridized carbons (Fsp3) is 0.926. The summed E-state index contributed by atoms with van der Waals surface area (Å²) < 4.78 is 31.3. The minimum absolute atomic E-state index is 0.144. The van der Waals surface area contributed by atoms with Crippen molar-refractivity contribution >= 4 is 35.1 Å². The second-order valence-corrected chi connectivity index (χ2v) is 27.2. The molecule has 0 aromatic carbocycles. The summed E-state index contributed by atoms with van der Waals surface area (Å²) in [5.74, 6) is 1.68. The SMILES string of the molecule is CCCCCCCCCCCCOCCCCC(=O)CCCCCCCCC(=O)NCCCOCCCCCCCCCCCC.COCCCCC(=O)CCCCCCCCC(=O)NCCCOC.COCCCCC(=O)CCCCCCCCCCC(=O)NCCCOC. The van der Waals surface area contributed by atoms with E-state index in [2.05, 4.69) is 29.8 Å². The van der Waals surface area contributed by atoms with Crippen LogP contribution >= 0.6 is 0 Å². The second-order valence-electron chi connectivity index (χ2n) is 27.2. The maximum absolute atomic E-state index is 12.1. The third-order valence-electron chi connectivity index (χ3n) is 17.7. The number of methoxy groups -OCH3 is 4. The van der Waals surface area contributed by atoms with Crippen LogP contribution in [-0.4, -0.2) is 136 Å². The Hall–Kier alpha value is -2.82. The van der Waals surface area contributed by atoms with Crippen LogP contribution in [0.25, 0.3) is 0 Å². The number of rotatable bonds is 78. The Bertz CT molecular complexity index is 1490. The molecule has 96 heavy (non-hydrogen) atoms. The molecule has 0 aliphatic heterocycles. The summed E-state index contributed by atoms with van der Waals surface area (Å²) in [6.07, 6.45) is 63.9. The predicted molar refractivity (Wildman–Crippen MR) is 402 cm³/mol. The van der Waals surface area contributed by atoms with E-state index in [1.807, 2.05) is 0 Å². The van der Waals surface area contributed by atoms with Crippen LogP contribution in [-0.2, 0) is 57.2 Å². The van der Waals surface area contributed by atoms with Gasteiger partial charge in [0.25, 0.3) is 0 Å². The molecule has 15 nitrogen and oxygen atoms in total. The topological polar surface area (TPSA) is 194 Å². The zero-order chi connectivity index (χ0) is 70.6. The summed E-state index contributed by atoms with van der Waals surface area (Å²) in [5.41, 5.74) is 0. The molecule has 0 spiro atoms. The number of Topliss-reactive ketones (excluding diaryl/α,β-unsaturated/α-hetero) is 3. The molecular formula is C81H159N3O12. The Labute approximate surface area is 592 Å². The molecule has 0 fully saturated rings. The molecule has 0 unspecified atom stereocenters. The third kappa shape index (κ3) is 91.2. The molecule has 15 heteroatoms. The lowest BCUT2D eigenvalue weighted by molar-refractivity contribution is -0.122. The number of nitrogens with one attached hydrogen (secondary N) is 3. The number of carbonyl (C=O) groups is 6. The van der Waals surface area contributed by atoms with Gasteiger partial charge in [-0.1, -0.05) is 219 Å². The van der Waals surface area contributed by atoms with Crippen molar-refractivity contribution < 1.29 is 57.2 Å². The van der Waals surface area contributed by atoms with Crippen LogP contribution in [0.3, 0.4) is 0 Å². The second kappa shape index (κ2) is 88.3. The van der Waals surface area contributed by atoms with E-state index in [4.69, 9.17) is 28.4 Å². The summed E-state index contributed by atoms with van der Waals surface area (Å²) in [4.78, 5) is 70.6. The van der Waals surface area contributed by atoms with E-state index in [-0.39, 0.29) is 17.7 Å². The summed E-state index contributed by atoms with van der Waals surface area (Å²) in [6, 6.07) is 0. The molecule has 0 radical (unpaired) electrons. The molecule has 0 aliphatic rings. The fourth-order valence-electron chi connectivity index (χ4n) is 11.5. The third-order valence-corrected chi connectivity index (χ3v) is 17.7. The summed E-state index contributed by atoms with van der Waals surface area (Å²) >= 11 is 0. The highest BCUT2D eigenvalue weighted by molar-refractivity contribution is 5.79. The quantitative estimate of drug-likeness (QED) is 0.0489. The molecule has 0 aliphatic carbocycles. The normalized spacial score (nSPS) is 11.1. The van der Waals surface area contributed by atoms with Crippen molar-refractivity contribution in [1.82, 2.24) is 16.0 Å². The molecule has 3 N–H and O–H groups in total. The van der Waals surface area contributed by atoms with Crippen molar-refractivity contribution in [2.75, 3.05) is 101 Å². The van der Waals surface area contributed by atoms with Crippen molar-refractivity contribution in [3.63, 3.8) is 0 Å². The van der Waals surface area contributed by atoms with Gasteiger partial charge in [0.2, 0.25) is 17.7 Å². The predicted octanol–water partition coefficient (Wildman–Crippen LogP) is 20.3. The molecule has 0 aromatic rings. The minimum Gasteiger partial charge on any atom is -0.385 e. The average molecular weight is 1370 g/mol. The van der Waals surface area contributed by atoms with Crippen LogP contribution in [0.2, 0.25) is 0 Å². The van der Waals surface area contributed by atoms with Crippen LogP contribution in [0.4, 0.5) is 0 Å². The van der Waals surface area contributed by atoms with Crippen LogP contribution < -0.4 is 16.0 Å². The number of hydrogen-bond acceptors (Lipinski definition) is 12. The Morgan fingerprint density at radius 3 is 0.615 bits per heavy atom. The van der Waals surface area contributed by atoms with Gasteiger partial charge >= 0.3 is 0 Å². The van der Waals surface area contributed by atoms with Crippen LogP contribution in [0, 0.1) is 0 Å². The van der Waals surface area contributed by atoms with E-state index in [9.17, 15) is 28.8 Å². The summed E-state index contributed by atoms with van der Waals surface area (Å²) in [7, 11) is 6.73. The van der Waals surface area contributed by atoms with Gasteiger partial charge in [-0.2, -0.15) is 0 Å². The van der Waals surface area contributed by atoms with Gasteiger partial charge in [0, 0.05) is 159 Å². The first-order valence-electron chi connectivity index (χ1n) is 40.6. The van der Waals surface area contributed by atoms with Gasteiger partial charge < -0.3 is 44.4 Å². The highest BCUT2D eigenvalue weighted by atomic mass is 16.5. The minimum atomic E-state index is 0.144. The molecular weight excluding hydrogens is 1210 g/mol. The van der Waals surface area contributed by atoms with Crippen molar-refractivity contribution in [3.8, 4) is 0 Å². The van der Waals surface area contributed by atoms with Gasteiger partial charge in [-0.15, -0.1) is 0 Å². The number of carbonyl (C=O) groups excluding carboxylic acids is 6. The smallest absolute Gasteiger partial charge is 0.219 e. The zero-order valence-corrected chi connectivity index (χ0v) is 64.2. The Morgan fingerprint density at radius 1 is 0.198 bits per heavy atom. The lowest BCUT2D eigenvalue weighted by atomic mass is 10.0. The van der Waals surface area contributed by atoms with Crippen molar-refractivity contribution in [2.24, 2.45) is 0 Å². The maximum atomic E-state index is 12.1. The molecule has 0 saturated carbocycles. The summed E-state index contributed by atoms with van der Waals surface area (Å²) in [6.45, 7) is 12.9.